The Kier molecular flexibility index (Phi) is 7.19. The Balaban J connectivity index is 1.73. The zero-order valence-corrected chi connectivity index (χ0v) is 20.3. The van der Waals surface area contributed by atoms with Gasteiger partial charge in [-0.25, -0.2) is 0 Å². The van der Waals surface area contributed by atoms with Crippen LogP contribution in [0.25, 0.3) is 0 Å². The van der Waals surface area contributed by atoms with Crippen LogP contribution in [0.5, 0.6) is 0 Å². The van der Waals surface area contributed by atoms with Gasteiger partial charge in [0.25, 0.3) is 5.91 Å². The van der Waals surface area contributed by atoms with Crippen molar-refractivity contribution in [2.45, 2.75) is 11.7 Å². The lowest BCUT2D eigenvalue weighted by atomic mass is 10.1. The van der Waals surface area contributed by atoms with E-state index in [1.165, 1.54) is 16.7 Å². The van der Waals surface area contributed by atoms with Crippen LogP contribution in [-0.2, 0) is 16.0 Å². The number of nitrogens with one attached hydrogen (secondary N) is 1. The predicted molar refractivity (Wildman–Crippen MR) is 136 cm³/mol. The molecule has 2 amide bonds. The number of nitriles is 1. The molecule has 8 heteroatoms. The minimum absolute atomic E-state index is 0.117. The normalized spacial score (nSPS) is 16.9. The minimum atomic E-state index is -0.565. The molecule has 0 saturated carbocycles. The van der Waals surface area contributed by atoms with Gasteiger partial charge >= 0.3 is 0 Å². The molecule has 0 aromatic heterocycles. The van der Waals surface area contributed by atoms with Crippen LogP contribution in [0.4, 0.5) is 11.4 Å². The van der Waals surface area contributed by atoms with E-state index in [9.17, 15) is 14.9 Å². The third kappa shape index (κ3) is 5.31. The summed E-state index contributed by atoms with van der Waals surface area (Å²) in [6.45, 7) is 0. The lowest BCUT2D eigenvalue weighted by Crippen LogP contribution is -2.30. The van der Waals surface area contributed by atoms with E-state index in [2.05, 4.69) is 21.2 Å². The van der Waals surface area contributed by atoms with Crippen LogP contribution in [0.3, 0.4) is 0 Å². The zero-order chi connectivity index (χ0) is 23.4. The molecule has 4 rings (SSSR count). The molecule has 1 fully saturated rings. The first kappa shape index (κ1) is 23.1. The van der Waals surface area contributed by atoms with E-state index in [1.54, 1.807) is 42.5 Å². The van der Waals surface area contributed by atoms with Gasteiger partial charge in [-0.1, -0.05) is 69.6 Å². The van der Waals surface area contributed by atoms with Gasteiger partial charge in [0, 0.05) is 20.9 Å². The molecule has 0 radical (unpaired) electrons. The van der Waals surface area contributed by atoms with Crippen molar-refractivity contribution in [2.75, 3.05) is 10.2 Å². The summed E-state index contributed by atoms with van der Waals surface area (Å²) in [6.07, 6.45) is 0.416. The van der Waals surface area contributed by atoms with Gasteiger partial charge in [-0.2, -0.15) is 5.26 Å². The fourth-order valence-corrected chi connectivity index (χ4v) is 5.19. The largest absolute Gasteiger partial charge is 0.321 e. The Morgan fingerprint density at radius 2 is 1.82 bits per heavy atom. The van der Waals surface area contributed by atoms with Crippen molar-refractivity contribution in [1.82, 2.24) is 0 Å². The van der Waals surface area contributed by atoms with Crippen LogP contribution < -0.4 is 10.2 Å². The quantitative estimate of drug-likeness (QED) is 0.312. The summed E-state index contributed by atoms with van der Waals surface area (Å²) in [5.74, 6) is -0.762. The summed E-state index contributed by atoms with van der Waals surface area (Å²) in [5.41, 5.74) is 1.93. The van der Waals surface area contributed by atoms with E-state index in [1.807, 2.05) is 42.5 Å². The predicted octanol–water partition coefficient (Wildman–Crippen LogP) is 6.17. The number of carbonyl (C=O) groups excluding carboxylic acids is 2. The molecule has 0 spiro atoms. The van der Waals surface area contributed by atoms with Crippen LogP contribution in [0.2, 0.25) is 5.02 Å². The third-order valence-electron chi connectivity index (χ3n) is 4.93. The van der Waals surface area contributed by atoms with Crippen molar-refractivity contribution in [3.8, 4) is 6.07 Å². The Morgan fingerprint density at radius 3 is 2.48 bits per heavy atom. The lowest BCUT2D eigenvalue weighted by molar-refractivity contribution is -0.117. The van der Waals surface area contributed by atoms with Crippen molar-refractivity contribution >= 4 is 62.5 Å². The smallest absolute Gasteiger partial charge is 0.269 e. The highest BCUT2D eigenvalue weighted by Crippen LogP contribution is 2.42. The van der Waals surface area contributed by atoms with Crippen LogP contribution in [0.1, 0.15) is 5.56 Å². The molecular weight excluding hydrogens is 522 g/mol. The Hall–Kier alpha value is -3.05. The monoisotopic (exact) mass is 537 g/mol. The molecule has 5 nitrogen and oxygen atoms in total. The van der Waals surface area contributed by atoms with Gasteiger partial charge < -0.3 is 5.32 Å². The molecule has 164 valence electrons. The number of carbonyl (C=O) groups is 2. The summed E-state index contributed by atoms with van der Waals surface area (Å²) in [7, 11) is 0. The van der Waals surface area contributed by atoms with E-state index in [4.69, 9.17) is 11.6 Å². The highest BCUT2D eigenvalue weighted by Gasteiger charge is 2.40. The second-order valence-corrected chi connectivity index (χ2v) is 9.75. The first-order valence-electron chi connectivity index (χ1n) is 9.97. The van der Waals surface area contributed by atoms with E-state index in [-0.39, 0.29) is 11.5 Å². The molecular formula is C25H17BrClN3O2S. The standard InChI is InChI=1S/C25H17BrClN3O2S/c26-17-9-11-20(12-10-17)30-24(32)22(14-16-5-4-6-18(27)13-16)33-25(30)21(15-28)23(31)29-19-7-2-1-3-8-19/h1-13,22H,14H2,(H,29,31). The molecule has 1 aliphatic rings. The van der Waals surface area contributed by atoms with E-state index >= 15 is 0 Å². The first-order chi connectivity index (χ1) is 16.0. The van der Waals surface area contributed by atoms with Crippen molar-refractivity contribution in [1.29, 1.82) is 5.26 Å². The molecule has 1 saturated heterocycles. The summed E-state index contributed by atoms with van der Waals surface area (Å²) < 4.78 is 0.855. The molecule has 1 atom stereocenters. The van der Waals surface area contributed by atoms with Gasteiger partial charge in [-0.15, -0.1) is 0 Å². The summed E-state index contributed by atoms with van der Waals surface area (Å²) >= 11 is 10.7. The average molecular weight is 539 g/mol. The van der Waals surface area contributed by atoms with Crippen molar-refractivity contribution < 1.29 is 9.59 Å². The van der Waals surface area contributed by atoms with Gasteiger partial charge in [0.15, 0.2) is 0 Å². The SMILES string of the molecule is N#CC(C(=O)Nc1ccccc1)=C1SC(Cc2cccc(Cl)c2)C(=O)N1c1ccc(Br)cc1. The minimum Gasteiger partial charge on any atom is -0.321 e. The second-order valence-electron chi connectivity index (χ2n) is 7.20. The maximum absolute atomic E-state index is 13.5. The number of amides is 2. The lowest BCUT2D eigenvalue weighted by Gasteiger charge is -2.19. The molecule has 1 N–H and O–H groups in total. The third-order valence-corrected chi connectivity index (χ3v) is 6.96. The van der Waals surface area contributed by atoms with Gasteiger partial charge in [0.05, 0.1) is 5.25 Å². The van der Waals surface area contributed by atoms with E-state index < -0.39 is 11.2 Å². The van der Waals surface area contributed by atoms with Gasteiger partial charge in [0.2, 0.25) is 5.91 Å². The van der Waals surface area contributed by atoms with Crippen molar-refractivity contribution in [3.05, 3.63) is 105 Å². The van der Waals surface area contributed by atoms with Crippen molar-refractivity contribution in [2.24, 2.45) is 0 Å². The highest BCUT2D eigenvalue weighted by molar-refractivity contribution is 9.10. The molecule has 1 heterocycles. The zero-order valence-electron chi connectivity index (χ0n) is 17.2. The number of thioether (sulfide) groups is 1. The summed E-state index contributed by atoms with van der Waals surface area (Å²) in [5, 5.41) is 13.0. The first-order valence-corrected chi connectivity index (χ1v) is 12.0. The van der Waals surface area contributed by atoms with Gasteiger partial charge in [0.1, 0.15) is 16.7 Å². The van der Waals surface area contributed by atoms with E-state index in [0.717, 1.165) is 10.0 Å². The molecule has 0 aliphatic carbocycles. The Bertz CT molecular complexity index is 1270. The summed E-state index contributed by atoms with van der Waals surface area (Å²) in [6, 6.07) is 25.4. The van der Waals surface area contributed by atoms with Gasteiger partial charge in [-0.05, 0) is 60.5 Å². The molecule has 0 bridgehead atoms. The maximum atomic E-state index is 13.5. The molecule has 3 aromatic rings. The van der Waals surface area contributed by atoms with Crippen LogP contribution in [0.15, 0.2) is 93.9 Å². The number of rotatable bonds is 5. The van der Waals surface area contributed by atoms with Crippen LogP contribution >= 0.6 is 39.3 Å². The topological polar surface area (TPSA) is 73.2 Å². The number of nitrogens with zero attached hydrogens (tertiary/aromatic N) is 2. The van der Waals surface area contributed by atoms with E-state index in [0.29, 0.717) is 27.8 Å². The number of hydrogen-bond acceptors (Lipinski definition) is 4. The Morgan fingerprint density at radius 1 is 1.09 bits per heavy atom. The molecule has 33 heavy (non-hydrogen) atoms. The second kappa shape index (κ2) is 10.3. The van der Waals surface area contributed by atoms with Crippen LogP contribution in [-0.4, -0.2) is 17.1 Å². The molecule has 1 aliphatic heterocycles. The highest BCUT2D eigenvalue weighted by atomic mass is 79.9. The Labute approximate surface area is 209 Å². The fraction of sp³-hybridized carbons (Fsp3) is 0.0800. The molecule has 3 aromatic carbocycles. The van der Waals surface area contributed by atoms with Crippen molar-refractivity contribution in [3.63, 3.8) is 0 Å². The number of halogens is 2. The number of anilines is 2. The molecule has 1 unspecified atom stereocenters. The summed E-state index contributed by atoms with van der Waals surface area (Å²) in [4.78, 5) is 27.9. The van der Waals surface area contributed by atoms with Gasteiger partial charge in [-0.3, -0.25) is 14.5 Å². The number of benzene rings is 3. The maximum Gasteiger partial charge on any atom is 0.269 e. The average Bonchev–Trinajstić information content (AvgIpc) is 3.11. The fourth-order valence-electron chi connectivity index (χ4n) is 3.41. The van der Waals surface area contributed by atoms with Crippen LogP contribution in [0, 0.1) is 11.3 Å². The number of hydrogen-bond donors (Lipinski definition) is 1. The number of para-hydroxylation sites is 1.